The van der Waals surface area contributed by atoms with Gasteiger partial charge in [0.25, 0.3) is 5.91 Å². The highest BCUT2D eigenvalue weighted by molar-refractivity contribution is 5.97. The van der Waals surface area contributed by atoms with Crippen molar-refractivity contribution >= 4 is 11.9 Å². The summed E-state index contributed by atoms with van der Waals surface area (Å²) >= 11 is 0. The van der Waals surface area contributed by atoms with Crippen molar-refractivity contribution < 1.29 is 14.7 Å². The molecule has 4 aromatic heterocycles. The van der Waals surface area contributed by atoms with Gasteiger partial charge in [0.1, 0.15) is 11.4 Å². The summed E-state index contributed by atoms with van der Waals surface area (Å²) in [5.74, 6) is -1.49. The summed E-state index contributed by atoms with van der Waals surface area (Å²) in [6, 6.07) is 5.40. The Hall–Kier alpha value is -4.54. The van der Waals surface area contributed by atoms with Crippen LogP contribution in [0.25, 0.3) is 17.1 Å². The van der Waals surface area contributed by atoms with Crippen LogP contribution in [-0.4, -0.2) is 63.9 Å². The molecule has 0 saturated heterocycles. The van der Waals surface area contributed by atoms with Gasteiger partial charge in [-0.15, -0.1) is 5.10 Å². The average Bonchev–Trinajstić information content (AvgIpc) is 3.30. The lowest BCUT2D eigenvalue weighted by molar-refractivity contribution is 0.0690. The minimum atomic E-state index is -1.23. The number of carboxylic acids is 1. The van der Waals surface area contributed by atoms with E-state index in [2.05, 4.69) is 30.2 Å². The Morgan fingerprint density at radius 1 is 1.06 bits per heavy atom. The van der Waals surface area contributed by atoms with Gasteiger partial charge >= 0.3 is 5.97 Å². The molecule has 1 amide bonds. The number of carbonyl (C=O) groups is 2. The Labute approximate surface area is 182 Å². The topological polar surface area (TPSA) is 140 Å². The van der Waals surface area contributed by atoms with Crippen LogP contribution < -0.4 is 0 Å². The standard InChI is InChI=1S/C21H18N8O3/c1-13-3-4-14(25-9-13)11-28(2)20(30)15-5-6-22-10-17(15)29-12-16(26-27-29)18-19(21(31)32)24-8-7-23-18/h3-10,12H,11H2,1-2H3,(H,31,32). The average molecular weight is 430 g/mol. The maximum Gasteiger partial charge on any atom is 0.356 e. The van der Waals surface area contributed by atoms with E-state index in [1.807, 2.05) is 19.1 Å². The molecule has 0 aliphatic heterocycles. The normalized spacial score (nSPS) is 10.7. The van der Waals surface area contributed by atoms with Gasteiger partial charge in [0, 0.05) is 31.8 Å². The molecule has 0 saturated carbocycles. The first-order valence-corrected chi connectivity index (χ1v) is 9.52. The fraction of sp³-hybridized carbons (Fsp3) is 0.143. The number of amides is 1. The summed E-state index contributed by atoms with van der Waals surface area (Å²) in [4.78, 5) is 42.4. The third-order valence-electron chi connectivity index (χ3n) is 4.63. The highest BCUT2D eigenvalue weighted by Crippen LogP contribution is 2.20. The molecule has 0 atom stereocenters. The molecule has 0 unspecified atom stereocenters. The van der Waals surface area contributed by atoms with Crippen LogP contribution in [0.3, 0.4) is 0 Å². The Balaban J connectivity index is 1.64. The first-order valence-electron chi connectivity index (χ1n) is 9.52. The number of carboxylic acid groups (broad SMARTS) is 1. The van der Waals surface area contributed by atoms with Gasteiger partial charge in [-0.1, -0.05) is 11.3 Å². The molecule has 0 spiro atoms. The fourth-order valence-corrected chi connectivity index (χ4v) is 3.03. The molecule has 4 aromatic rings. The summed E-state index contributed by atoms with van der Waals surface area (Å²) in [5, 5.41) is 17.4. The molecule has 0 fully saturated rings. The Morgan fingerprint density at radius 3 is 2.62 bits per heavy atom. The Morgan fingerprint density at radius 2 is 1.88 bits per heavy atom. The van der Waals surface area contributed by atoms with E-state index >= 15 is 0 Å². The van der Waals surface area contributed by atoms with E-state index in [1.54, 1.807) is 24.2 Å². The molecule has 0 aromatic carbocycles. The van der Waals surface area contributed by atoms with E-state index in [0.717, 1.165) is 11.3 Å². The van der Waals surface area contributed by atoms with Crippen molar-refractivity contribution in [2.45, 2.75) is 13.5 Å². The number of aromatic nitrogens is 7. The number of hydrogen-bond acceptors (Lipinski definition) is 8. The van der Waals surface area contributed by atoms with Gasteiger partial charge < -0.3 is 10.0 Å². The summed E-state index contributed by atoms with van der Waals surface area (Å²) in [6.07, 6.45) is 8.88. The van der Waals surface area contributed by atoms with Crippen molar-refractivity contribution in [3.8, 4) is 17.1 Å². The van der Waals surface area contributed by atoms with Crippen LogP contribution in [0.5, 0.6) is 0 Å². The van der Waals surface area contributed by atoms with Gasteiger partial charge in [0.05, 0.1) is 35.9 Å². The lowest BCUT2D eigenvalue weighted by Gasteiger charge is -2.18. The van der Waals surface area contributed by atoms with E-state index in [9.17, 15) is 14.7 Å². The lowest BCUT2D eigenvalue weighted by atomic mass is 10.2. The summed E-state index contributed by atoms with van der Waals surface area (Å²) in [6.45, 7) is 2.27. The highest BCUT2D eigenvalue weighted by atomic mass is 16.4. The Bertz CT molecular complexity index is 1290. The largest absolute Gasteiger partial charge is 0.476 e. The van der Waals surface area contributed by atoms with E-state index in [-0.39, 0.29) is 23.0 Å². The number of carbonyl (C=O) groups excluding carboxylic acids is 1. The van der Waals surface area contributed by atoms with E-state index < -0.39 is 5.97 Å². The van der Waals surface area contributed by atoms with Crippen molar-refractivity contribution in [3.05, 3.63) is 77.9 Å². The maximum atomic E-state index is 13.1. The summed E-state index contributed by atoms with van der Waals surface area (Å²) < 4.78 is 1.36. The first kappa shape index (κ1) is 20.7. The van der Waals surface area contributed by atoms with Gasteiger partial charge in [-0.05, 0) is 24.6 Å². The molecule has 160 valence electrons. The molecule has 11 nitrogen and oxygen atoms in total. The third-order valence-corrected chi connectivity index (χ3v) is 4.63. The Kier molecular flexibility index (Phi) is 5.62. The van der Waals surface area contributed by atoms with Crippen LogP contribution in [0.2, 0.25) is 0 Å². The quantitative estimate of drug-likeness (QED) is 0.485. The van der Waals surface area contributed by atoms with Crippen molar-refractivity contribution in [2.75, 3.05) is 7.05 Å². The van der Waals surface area contributed by atoms with Gasteiger partial charge in [-0.3, -0.25) is 19.7 Å². The molecule has 0 radical (unpaired) electrons. The molecule has 32 heavy (non-hydrogen) atoms. The molecule has 0 aliphatic carbocycles. The molecular formula is C21H18N8O3. The molecule has 4 rings (SSSR count). The summed E-state index contributed by atoms with van der Waals surface area (Å²) in [5.41, 5.74) is 2.57. The summed E-state index contributed by atoms with van der Waals surface area (Å²) in [7, 11) is 1.68. The van der Waals surface area contributed by atoms with Crippen LogP contribution in [0, 0.1) is 6.92 Å². The van der Waals surface area contributed by atoms with Crippen LogP contribution in [0.4, 0.5) is 0 Å². The van der Waals surface area contributed by atoms with Crippen molar-refractivity contribution in [1.29, 1.82) is 0 Å². The zero-order valence-corrected chi connectivity index (χ0v) is 17.2. The molecular weight excluding hydrogens is 412 g/mol. The number of rotatable bonds is 6. The zero-order chi connectivity index (χ0) is 22.7. The fourth-order valence-electron chi connectivity index (χ4n) is 3.03. The molecule has 4 heterocycles. The smallest absolute Gasteiger partial charge is 0.356 e. The number of aryl methyl sites for hydroxylation is 1. The first-order chi connectivity index (χ1) is 15.4. The lowest BCUT2D eigenvalue weighted by Crippen LogP contribution is -2.27. The predicted octanol–water partition coefficient (Wildman–Crippen LogP) is 1.79. The van der Waals surface area contributed by atoms with E-state index in [4.69, 9.17) is 0 Å². The van der Waals surface area contributed by atoms with Crippen molar-refractivity contribution in [3.63, 3.8) is 0 Å². The van der Waals surface area contributed by atoms with Gasteiger partial charge in [0.15, 0.2) is 5.69 Å². The number of nitrogens with zero attached hydrogens (tertiary/aromatic N) is 8. The SMILES string of the molecule is Cc1ccc(CN(C)C(=O)c2ccncc2-n2cc(-c3nccnc3C(=O)O)nn2)nc1. The molecule has 1 N–H and O–H groups in total. The van der Waals surface area contributed by atoms with Crippen LogP contribution in [0.15, 0.2) is 55.4 Å². The van der Waals surface area contributed by atoms with Crippen LogP contribution >= 0.6 is 0 Å². The van der Waals surface area contributed by atoms with Crippen LogP contribution in [0.1, 0.15) is 32.1 Å². The molecule has 0 bridgehead atoms. The van der Waals surface area contributed by atoms with Gasteiger partial charge in [-0.25, -0.2) is 14.5 Å². The monoisotopic (exact) mass is 430 g/mol. The maximum absolute atomic E-state index is 13.1. The van der Waals surface area contributed by atoms with E-state index in [1.165, 1.54) is 35.7 Å². The minimum absolute atomic E-state index is 0.0746. The van der Waals surface area contributed by atoms with Gasteiger partial charge in [-0.2, -0.15) is 0 Å². The minimum Gasteiger partial charge on any atom is -0.476 e. The van der Waals surface area contributed by atoms with E-state index in [0.29, 0.717) is 17.8 Å². The number of hydrogen-bond donors (Lipinski definition) is 1. The van der Waals surface area contributed by atoms with Gasteiger partial charge in [0.2, 0.25) is 0 Å². The molecule has 11 heteroatoms. The molecule has 0 aliphatic rings. The second kappa shape index (κ2) is 8.68. The highest BCUT2D eigenvalue weighted by Gasteiger charge is 2.21. The van der Waals surface area contributed by atoms with Crippen LogP contribution in [-0.2, 0) is 6.54 Å². The zero-order valence-electron chi connectivity index (χ0n) is 17.2. The second-order valence-electron chi connectivity index (χ2n) is 6.99. The predicted molar refractivity (Wildman–Crippen MR) is 112 cm³/mol. The number of pyridine rings is 2. The van der Waals surface area contributed by atoms with Crippen molar-refractivity contribution in [2.24, 2.45) is 0 Å². The second-order valence-corrected chi connectivity index (χ2v) is 6.99. The third kappa shape index (κ3) is 4.17. The number of aromatic carboxylic acids is 1. The van der Waals surface area contributed by atoms with Crippen molar-refractivity contribution in [1.82, 2.24) is 39.8 Å².